The monoisotopic (exact) mass is 248 g/mol. The largest absolute Gasteiger partial charge is 0.476 e. The Balaban J connectivity index is 2.16. The van der Waals surface area contributed by atoms with Crippen LogP contribution in [0.1, 0.15) is 25.6 Å². The summed E-state index contributed by atoms with van der Waals surface area (Å²) in [5.41, 5.74) is 6.33. The van der Waals surface area contributed by atoms with Gasteiger partial charge in [0.2, 0.25) is 5.88 Å². The maximum atomic E-state index is 5.93. The lowest BCUT2D eigenvalue weighted by Crippen LogP contribution is -2.11. The zero-order valence-corrected chi connectivity index (χ0v) is 10.4. The van der Waals surface area contributed by atoms with Crippen molar-refractivity contribution in [3.05, 3.63) is 30.5 Å². The smallest absolute Gasteiger partial charge is 0.242 e. The second-order valence-corrected chi connectivity index (χ2v) is 3.76. The topological polar surface area (TPSA) is 86.2 Å². The molecule has 1 atom stereocenters. The minimum absolute atomic E-state index is 0.0355. The van der Waals surface area contributed by atoms with Crippen LogP contribution in [0.2, 0.25) is 0 Å². The fourth-order valence-corrected chi connectivity index (χ4v) is 1.56. The first-order valence-corrected chi connectivity index (χ1v) is 5.75. The summed E-state index contributed by atoms with van der Waals surface area (Å²) < 4.78 is 10.6. The molecular formula is C12H16N4O2. The summed E-state index contributed by atoms with van der Waals surface area (Å²) in [4.78, 5) is 8.08. The van der Waals surface area contributed by atoms with Gasteiger partial charge < -0.3 is 20.2 Å². The van der Waals surface area contributed by atoms with Crippen LogP contribution < -0.4 is 15.8 Å². The van der Waals surface area contributed by atoms with Gasteiger partial charge in [-0.15, -0.1) is 0 Å². The van der Waals surface area contributed by atoms with E-state index in [0.717, 1.165) is 5.76 Å². The molecule has 2 aromatic heterocycles. The minimum Gasteiger partial charge on any atom is -0.476 e. The molecule has 3 N–H and O–H groups in total. The van der Waals surface area contributed by atoms with Crippen molar-refractivity contribution in [1.82, 2.24) is 9.97 Å². The van der Waals surface area contributed by atoms with Crippen molar-refractivity contribution < 1.29 is 9.15 Å². The summed E-state index contributed by atoms with van der Waals surface area (Å²) in [7, 11) is 0. The molecule has 0 spiro atoms. The lowest BCUT2D eigenvalue weighted by atomic mass is 10.2. The Kier molecular flexibility index (Phi) is 3.66. The molecule has 2 heterocycles. The van der Waals surface area contributed by atoms with Crippen LogP contribution in [-0.4, -0.2) is 16.6 Å². The van der Waals surface area contributed by atoms with Crippen molar-refractivity contribution >= 4 is 11.5 Å². The summed E-state index contributed by atoms with van der Waals surface area (Å²) in [6.07, 6.45) is 3.04. The average molecular weight is 248 g/mol. The summed E-state index contributed by atoms with van der Waals surface area (Å²) in [5, 5.41) is 3.16. The van der Waals surface area contributed by atoms with E-state index < -0.39 is 0 Å². The van der Waals surface area contributed by atoms with E-state index >= 15 is 0 Å². The zero-order chi connectivity index (χ0) is 13.0. The van der Waals surface area contributed by atoms with Crippen LogP contribution in [0.25, 0.3) is 0 Å². The molecule has 6 nitrogen and oxygen atoms in total. The molecule has 0 aliphatic heterocycles. The number of nitrogens with one attached hydrogen (secondary N) is 1. The molecule has 0 saturated heterocycles. The van der Waals surface area contributed by atoms with E-state index in [-0.39, 0.29) is 6.04 Å². The van der Waals surface area contributed by atoms with Gasteiger partial charge in [-0.05, 0) is 26.0 Å². The van der Waals surface area contributed by atoms with Gasteiger partial charge in [-0.2, -0.15) is 4.98 Å². The lowest BCUT2D eigenvalue weighted by Gasteiger charge is -2.14. The summed E-state index contributed by atoms with van der Waals surface area (Å²) >= 11 is 0. The van der Waals surface area contributed by atoms with E-state index in [2.05, 4.69) is 15.3 Å². The molecule has 0 fully saturated rings. The van der Waals surface area contributed by atoms with Gasteiger partial charge in [-0.25, -0.2) is 4.98 Å². The maximum absolute atomic E-state index is 5.93. The Morgan fingerprint density at radius 3 is 3.00 bits per heavy atom. The first kappa shape index (κ1) is 12.2. The van der Waals surface area contributed by atoms with Gasteiger partial charge in [0.25, 0.3) is 0 Å². The standard InChI is InChI=1S/C12H16N4O2/c1-3-17-12-10(13)11(14-7-15-12)16-8(2)9-5-4-6-18-9/h4-8H,3,13H2,1-2H3,(H,14,15,16). The lowest BCUT2D eigenvalue weighted by molar-refractivity contribution is 0.328. The van der Waals surface area contributed by atoms with Crippen LogP contribution in [0, 0.1) is 0 Å². The van der Waals surface area contributed by atoms with Crippen molar-refractivity contribution in [1.29, 1.82) is 0 Å². The van der Waals surface area contributed by atoms with Gasteiger partial charge >= 0.3 is 0 Å². The van der Waals surface area contributed by atoms with Gasteiger partial charge in [-0.1, -0.05) is 0 Å². The van der Waals surface area contributed by atoms with E-state index in [1.165, 1.54) is 6.33 Å². The number of aromatic nitrogens is 2. The van der Waals surface area contributed by atoms with Gasteiger partial charge in [0.15, 0.2) is 5.82 Å². The minimum atomic E-state index is -0.0355. The molecule has 0 aliphatic carbocycles. The highest BCUT2D eigenvalue weighted by Crippen LogP contribution is 2.27. The van der Waals surface area contributed by atoms with Crippen LogP contribution in [0.3, 0.4) is 0 Å². The summed E-state index contributed by atoms with van der Waals surface area (Å²) in [6, 6.07) is 3.69. The Hall–Kier alpha value is -2.24. The van der Waals surface area contributed by atoms with Crippen molar-refractivity contribution in [3.8, 4) is 5.88 Å². The predicted molar refractivity (Wildman–Crippen MR) is 68.4 cm³/mol. The third-order valence-electron chi connectivity index (χ3n) is 2.45. The van der Waals surface area contributed by atoms with Crippen molar-refractivity contribution in [3.63, 3.8) is 0 Å². The van der Waals surface area contributed by atoms with Gasteiger partial charge in [0, 0.05) is 0 Å². The molecule has 0 aliphatic rings. The van der Waals surface area contributed by atoms with Crippen LogP contribution in [0.5, 0.6) is 5.88 Å². The molecule has 0 bridgehead atoms. The summed E-state index contributed by atoms with van der Waals surface area (Å²) in [5.74, 6) is 1.74. The fraction of sp³-hybridized carbons (Fsp3) is 0.333. The van der Waals surface area contributed by atoms with Gasteiger partial charge in [0.1, 0.15) is 17.8 Å². The molecule has 0 radical (unpaired) electrons. The third kappa shape index (κ3) is 2.53. The summed E-state index contributed by atoms with van der Waals surface area (Å²) in [6.45, 7) is 4.34. The van der Waals surface area contributed by atoms with Crippen molar-refractivity contribution in [2.75, 3.05) is 17.7 Å². The Bertz CT molecular complexity index is 499. The maximum Gasteiger partial charge on any atom is 0.242 e. The molecule has 0 aromatic carbocycles. The van der Waals surface area contributed by atoms with Crippen molar-refractivity contribution in [2.45, 2.75) is 19.9 Å². The number of hydrogen-bond donors (Lipinski definition) is 2. The average Bonchev–Trinajstić information content (AvgIpc) is 2.88. The molecule has 18 heavy (non-hydrogen) atoms. The van der Waals surface area contributed by atoms with Gasteiger partial charge in [0.05, 0.1) is 18.9 Å². The zero-order valence-electron chi connectivity index (χ0n) is 10.4. The number of nitrogens with zero attached hydrogens (tertiary/aromatic N) is 2. The Morgan fingerprint density at radius 1 is 1.50 bits per heavy atom. The first-order chi connectivity index (χ1) is 8.72. The number of anilines is 2. The van der Waals surface area contributed by atoms with Crippen LogP contribution >= 0.6 is 0 Å². The molecule has 0 amide bonds. The Labute approximate surface area is 105 Å². The second-order valence-electron chi connectivity index (χ2n) is 3.76. The number of rotatable bonds is 5. The molecule has 1 unspecified atom stereocenters. The third-order valence-corrected chi connectivity index (χ3v) is 2.45. The highest BCUT2D eigenvalue weighted by Gasteiger charge is 2.13. The van der Waals surface area contributed by atoms with E-state index in [1.54, 1.807) is 6.26 Å². The molecule has 2 aromatic rings. The Morgan fingerprint density at radius 2 is 2.33 bits per heavy atom. The van der Waals surface area contributed by atoms with E-state index in [4.69, 9.17) is 14.9 Å². The first-order valence-electron chi connectivity index (χ1n) is 5.75. The quantitative estimate of drug-likeness (QED) is 0.843. The van der Waals surface area contributed by atoms with E-state index in [9.17, 15) is 0 Å². The van der Waals surface area contributed by atoms with E-state index in [0.29, 0.717) is 24.0 Å². The number of hydrogen-bond acceptors (Lipinski definition) is 6. The SMILES string of the molecule is CCOc1ncnc(NC(C)c2ccco2)c1N. The molecule has 2 rings (SSSR count). The number of nitrogens with two attached hydrogens (primary N) is 1. The molecular weight excluding hydrogens is 232 g/mol. The van der Waals surface area contributed by atoms with E-state index in [1.807, 2.05) is 26.0 Å². The number of nitrogen functional groups attached to an aromatic ring is 1. The molecule has 96 valence electrons. The highest BCUT2D eigenvalue weighted by molar-refractivity contribution is 5.66. The fourth-order valence-electron chi connectivity index (χ4n) is 1.56. The number of furan rings is 1. The van der Waals surface area contributed by atoms with Crippen LogP contribution in [0.15, 0.2) is 29.1 Å². The predicted octanol–water partition coefficient (Wildman–Crippen LogP) is 2.22. The second kappa shape index (κ2) is 5.39. The normalized spacial score (nSPS) is 12.1. The molecule has 6 heteroatoms. The molecule has 0 saturated carbocycles. The number of ether oxygens (including phenoxy) is 1. The van der Waals surface area contributed by atoms with Crippen LogP contribution in [0.4, 0.5) is 11.5 Å². The van der Waals surface area contributed by atoms with Crippen molar-refractivity contribution in [2.24, 2.45) is 0 Å². The van der Waals surface area contributed by atoms with Gasteiger partial charge in [-0.3, -0.25) is 0 Å². The van der Waals surface area contributed by atoms with Crippen LogP contribution in [-0.2, 0) is 0 Å². The highest BCUT2D eigenvalue weighted by atomic mass is 16.5.